The number of nitrogens with one attached hydrogen (secondary N) is 2. The van der Waals surface area contributed by atoms with Crippen LogP contribution in [0.5, 0.6) is 5.75 Å². The Labute approximate surface area is 122 Å². The van der Waals surface area contributed by atoms with Crippen molar-refractivity contribution in [3.8, 4) is 11.9 Å². The third-order valence-corrected chi connectivity index (χ3v) is 2.03. The van der Waals surface area contributed by atoms with Crippen LogP contribution in [-0.4, -0.2) is 41.8 Å². The van der Waals surface area contributed by atoms with Gasteiger partial charge >= 0.3 is 29.6 Å². The Balaban J connectivity index is 0.00000225. The molecule has 0 aliphatic heterocycles. The number of methoxy groups -OCH3 is 1. The first kappa shape index (κ1) is 15.2. The second-order valence-corrected chi connectivity index (χ2v) is 3.18. The maximum absolute atomic E-state index is 8.30. The van der Waals surface area contributed by atoms with Crippen molar-refractivity contribution in [2.45, 2.75) is 6.54 Å². The van der Waals surface area contributed by atoms with Gasteiger partial charge in [-0.1, -0.05) is 12.1 Å². The first-order valence-corrected chi connectivity index (χ1v) is 4.73. The molecule has 0 aliphatic carbocycles. The van der Waals surface area contributed by atoms with Gasteiger partial charge in [-0.3, -0.25) is 5.32 Å². The summed E-state index contributed by atoms with van der Waals surface area (Å²) in [5.74, 6) is 0.816. The Hall–Kier alpha value is -0.800. The van der Waals surface area contributed by atoms with Crippen LogP contribution < -0.4 is 15.4 Å². The summed E-state index contributed by atoms with van der Waals surface area (Å²) in [6.07, 6.45) is 1.75. The van der Waals surface area contributed by atoms with E-state index in [2.05, 4.69) is 10.6 Å². The van der Waals surface area contributed by atoms with Crippen molar-refractivity contribution in [2.24, 2.45) is 0 Å². The van der Waals surface area contributed by atoms with Crippen LogP contribution in [0.3, 0.4) is 0 Å². The van der Waals surface area contributed by atoms with Crippen molar-refractivity contribution in [3.05, 3.63) is 29.8 Å². The molecule has 0 spiro atoms. The van der Waals surface area contributed by atoms with E-state index >= 15 is 0 Å². The van der Waals surface area contributed by atoms with Crippen LogP contribution in [0.25, 0.3) is 0 Å². The van der Waals surface area contributed by atoms with Crippen molar-refractivity contribution in [2.75, 3.05) is 7.11 Å². The number of hydrogen-bond acceptors (Lipinski definition) is 3. The summed E-state index contributed by atoms with van der Waals surface area (Å²) < 4.78 is 5.03. The molecule has 80 valence electrons. The third-order valence-electron chi connectivity index (χ3n) is 1.78. The fourth-order valence-electron chi connectivity index (χ4n) is 1.02. The van der Waals surface area contributed by atoms with E-state index in [9.17, 15) is 0 Å². The van der Waals surface area contributed by atoms with Gasteiger partial charge in [0, 0.05) is 6.54 Å². The molecular weight excluding hydrogens is 233 g/mol. The summed E-state index contributed by atoms with van der Waals surface area (Å²) in [5, 5.41) is 13.9. The van der Waals surface area contributed by atoms with Gasteiger partial charge in [-0.05, 0) is 29.9 Å². The Bertz CT molecular complexity index is 375. The zero-order valence-corrected chi connectivity index (χ0v) is 9.10. The fraction of sp³-hybridized carbons (Fsp3) is 0.200. The van der Waals surface area contributed by atoms with Crippen LogP contribution in [-0.2, 0) is 6.54 Å². The molecule has 1 aromatic carbocycles. The van der Waals surface area contributed by atoms with Crippen LogP contribution in [0, 0.1) is 11.5 Å². The number of benzene rings is 1. The van der Waals surface area contributed by atoms with Crippen LogP contribution in [0.4, 0.5) is 0 Å². The van der Waals surface area contributed by atoms with E-state index in [4.69, 9.17) is 22.2 Å². The van der Waals surface area contributed by atoms with Gasteiger partial charge in [0.15, 0.2) is 11.3 Å². The fourth-order valence-corrected chi connectivity index (χ4v) is 1.14. The van der Waals surface area contributed by atoms with E-state index in [-0.39, 0.29) is 29.6 Å². The normalized spacial score (nSPS) is 8.25. The monoisotopic (exact) mass is 245 g/mol. The summed E-state index contributed by atoms with van der Waals surface area (Å²) in [5.41, 5.74) is 1.07. The Morgan fingerprint density at radius 3 is 2.56 bits per heavy atom. The van der Waals surface area contributed by atoms with Crippen LogP contribution in [0.1, 0.15) is 5.56 Å². The van der Waals surface area contributed by atoms with E-state index < -0.39 is 0 Å². The minimum absolute atomic E-state index is 0. The van der Waals surface area contributed by atoms with Crippen molar-refractivity contribution in [3.63, 3.8) is 0 Å². The molecule has 6 heteroatoms. The first-order valence-electron chi connectivity index (χ1n) is 4.32. The predicted molar refractivity (Wildman–Crippen MR) is 68.3 cm³/mol. The molecule has 16 heavy (non-hydrogen) atoms. The molecule has 4 nitrogen and oxygen atoms in total. The summed E-state index contributed by atoms with van der Waals surface area (Å²) in [6.45, 7) is 0.581. The molecule has 0 fully saturated rings. The van der Waals surface area contributed by atoms with Crippen molar-refractivity contribution in [1.29, 1.82) is 5.26 Å². The SMILES string of the molecule is COc1ccc(CNC(=S)NC#N)cc1.[NaH]. The van der Waals surface area contributed by atoms with E-state index in [0.717, 1.165) is 11.3 Å². The average molecular weight is 245 g/mol. The number of hydrogen-bond donors (Lipinski definition) is 2. The topological polar surface area (TPSA) is 57.1 Å². The molecule has 0 aromatic heterocycles. The van der Waals surface area contributed by atoms with Gasteiger partial charge < -0.3 is 10.1 Å². The molecule has 0 unspecified atom stereocenters. The molecule has 1 aromatic rings. The van der Waals surface area contributed by atoms with Gasteiger partial charge in [0.2, 0.25) is 0 Å². The van der Waals surface area contributed by atoms with Crippen molar-refractivity contribution >= 4 is 46.9 Å². The molecule has 0 saturated carbocycles. The first-order chi connectivity index (χ1) is 7.26. The van der Waals surface area contributed by atoms with E-state index in [1.54, 1.807) is 13.3 Å². The summed E-state index contributed by atoms with van der Waals surface area (Å²) in [6, 6.07) is 7.61. The summed E-state index contributed by atoms with van der Waals surface area (Å²) >= 11 is 4.83. The zero-order valence-electron chi connectivity index (χ0n) is 8.28. The zero-order chi connectivity index (χ0) is 11.1. The van der Waals surface area contributed by atoms with Gasteiger partial charge in [-0.25, -0.2) is 0 Å². The van der Waals surface area contributed by atoms with Crippen molar-refractivity contribution in [1.82, 2.24) is 10.6 Å². The minimum atomic E-state index is 0. The number of nitriles is 1. The molecule has 0 aliphatic rings. The molecule has 0 heterocycles. The number of thiocarbonyl (C=S) groups is 1. The van der Waals surface area contributed by atoms with Gasteiger partial charge in [0.25, 0.3) is 0 Å². The van der Waals surface area contributed by atoms with Crippen LogP contribution in [0.2, 0.25) is 0 Å². The van der Waals surface area contributed by atoms with E-state index in [1.165, 1.54) is 0 Å². The van der Waals surface area contributed by atoms with Crippen LogP contribution >= 0.6 is 12.2 Å². The van der Waals surface area contributed by atoms with Gasteiger partial charge in [-0.2, -0.15) is 5.26 Å². The molecule has 2 N–H and O–H groups in total. The van der Waals surface area contributed by atoms with E-state index in [0.29, 0.717) is 11.7 Å². The number of rotatable bonds is 3. The van der Waals surface area contributed by atoms with Crippen molar-refractivity contribution < 1.29 is 4.74 Å². The maximum atomic E-state index is 8.30. The molecule has 0 bridgehead atoms. The Kier molecular flexibility index (Phi) is 7.95. The second kappa shape index (κ2) is 8.36. The molecule has 1 rings (SSSR count). The second-order valence-electron chi connectivity index (χ2n) is 2.77. The molecule has 0 saturated heterocycles. The molecular formula is C10H12N3NaOS. The van der Waals surface area contributed by atoms with E-state index in [1.807, 2.05) is 24.3 Å². The van der Waals surface area contributed by atoms with Gasteiger partial charge in [0.05, 0.1) is 7.11 Å². The van der Waals surface area contributed by atoms with Gasteiger partial charge in [0.1, 0.15) is 5.75 Å². The quantitative estimate of drug-likeness (QED) is 0.351. The standard InChI is InChI=1S/C10H11N3OS.Na.H/c1-14-9-4-2-8(3-5-9)6-12-10(15)13-7-11;;/h2-5H,6H2,1H3,(H2,12,13,15);;. The number of ether oxygens (including phenoxy) is 1. The molecule has 0 atom stereocenters. The molecule has 0 amide bonds. The Morgan fingerprint density at radius 1 is 1.44 bits per heavy atom. The third kappa shape index (κ3) is 5.33. The van der Waals surface area contributed by atoms with Gasteiger partial charge in [-0.15, -0.1) is 0 Å². The molecule has 0 radical (unpaired) electrons. The summed E-state index contributed by atoms with van der Waals surface area (Å²) in [4.78, 5) is 0. The Morgan fingerprint density at radius 2 is 2.06 bits per heavy atom. The predicted octanol–water partition coefficient (Wildman–Crippen LogP) is 0.492. The number of nitrogens with zero attached hydrogens (tertiary/aromatic N) is 1. The van der Waals surface area contributed by atoms with Crippen LogP contribution in [0.15, 0.2) is 24.3 Å². The summed E-state index contributed by atoms with van der Waals surface area (Å²) in [7, 11) is 1.62. The average Bonchev–Trinajstić information content (AvgIpc) is 2.27.